The van der Waals surface area contributed by atoms with E-state index in [2.05, 4.69) is 10.7 Å². The quantitative estimate of drug-likeness (QED) is 0.539. The first-order chi connectivity index (χ1) is 4.57. The van der Waals surface area contributed by atoms with Crippen LogP contribution in [0.15, 0.2) is 0 Å². The normalized spacial score (nSPS) is 13.3. The Morgan fingerprint density at radius 2 is 2.10 bits per heavy atom. The van der Waals surface area contributed by atoms with Crippen LogP contribution in [0.25, 0.3) is 0 Å². The molecule has 0 amide bonds. The largest absolute Gasteiger partial charge is 0.372 e. The Hall–Kier alpha value is -0.610. The summed E-state index contributed by atoms with van der Waals surface area (Å²) in [6, 6.07) is -0.579. The second-order valence-corrected chi connectivity index (χ2v) is 2.67. The fraction of sp³-hybridized carbons (Fsp3) is 0.833. The Morgan fingerprint density at radius 3 is 2.40 bits per heavy atom. The summed E-state index contributed by atoms with van der Waals surface area (Å²) in [5.74, 6) is 4.46. The van der Waals surface area contributed by atoms with E-state index >= 15 is 0 Å². The molecule has 0 aliphatic carbocycles. The van der Waals surface area contributed by atoms with Crippen molar-refractivity contribution >= 4 is 5.97 Å². The van der Waals surface area contributed by atoms with Crippen molar-refractivity contribution in [3.8, 4) is 0 Å². The van der Waals surface area contributed by atoms with Crippen LogP contribution in [0.3, 0.4) is 0 Å². The van der Waals surface area contributed by atoms with Gasteiger partial charge in [-0.3, -0.25) is 0 Å². The van der Waals surface area contributed by atoms with Crippen molar-refractivity contribution in [1.82, 2.24) is 0 Å². The van der Waals surface area contributed by atoms with Crippen LogP contribution in [0.4, 0.5) is 0 Å². The SMILES string of the molecule is CC(C)CC(N)C(=O)ON. The van der Waals surface area contributed by atoms with E-state index in [1.165, 1.54) is 0 Å². The molecule has 0 bridgehead atoms. The summed E-state index contributed by atoms with van der Waals surface area (Å²) in [7, 11) is 0. The highest BCUT2D eigenvalue weighted by Gasteiger charge is 2.14. The van der Waals surface area contributed by atoms with Crippen molar-refractivity contribution in [2.75, 3.05) is 0 Å². The van der Waals surface area contributed by atoms with Gasteiger partial charge in [-0.05, 0) is 12.3 Å². The van der Waals surface area contributed by atoms with E-state index in [9.17, 15) is 4.79 Å². The van der Waals surface area contributed by atoms with Gasteiger partial charge in [0.25, 0.3) is 0 Å². The second kappa shape index (κ2) is 4.24. The van der Waals surface area contributed by atoms with Gasteiger partial charge in [0.15, 0.2) is 0 Å². The van der Waals surface area contributed by atoms with Gasteiger partial charge in [-0.25, -0.2) is 4.79 Å². The molecule has 1 unspecified atom stereocenters. The van der Waals surface area contributed by atoms with E-state index in [0.717, 1.165) is 0 Å². The number of carbonyl (C=O) groups excluding carboxylic acids is 1. The maximum atomic E-state index is 10.6. The third-order valence-electron chi connectivity index (χ3n) is 1.14. The monoisotopic (exact) mass is 146 g/mol. The van der Waals surface area contributed by atoms with E-state index in [-0.39, 0.29) is 0 Å². The van der Waals surface area contributed by atoms with Crippen molar-refractivity contribution in [3.05, 3.63) is 0 Å². The first kappa shape index (κ1) is 9.39. The van der Waals surface area contributed by atoms with Gasteiger partial charge in [0.05, 0.1) is 0 Å². The van der Waals surface area contributed by atoms with Crippen molar-refractivity contribution in [2.45, 2.75) is 26.3 Å². The van der Waals surface area contributed by atoms with Crippen LogP contribution in [0.5, 0.6) is 0 Å². The van der Waals surface area contributed by atoms with Gasteiger partial charge in [0, 0.05) is 0 Å². The highest BCUT2D eigenvalue weighted by molar-refractivity contribution is 5.74. The first-order valence-corrected chi connectivity index (χ1v) is 3.24. The van der Waals surface area contributed by atoms with E-state index in [0.29, 0.717) is 12.3 Å². The van der Waals surface area contributed by atoms with Crippen LogP contribution >= 0.6 is 0 Å². The average Bonchev–Trinajstić information content (AvgIpc) is 1.85. The summed E-state index contributed by atoms with van der Waals surface area (Å²) in [4.78, 5) is 14.5. The summed E-state index contributed by atoms with van der Waals surface area (Å²) in [6.45, 7) is 3.95. The molecule has 0 aromatic carbocycles. The Bertz CT molecular complexity index is 114. The highest BCUT2D eigenvalue weighted by Crippen LogP contribution is 2.02. The van der Waals surface area contributed by atoms with E-state index in [4.69, 9.17) is 5.73 Å². The molecule has 0 aromatic heterocycles. The smallest absolute Gasteiger partial charge is 0.341 e. The van der Waals surface area contributed by atoms with Gasteiger partial charge < -0.3 is 10.6 Å². The molecule has 10 heavy (non-hydrogen) atoms. The Kier molecular flexibility index (Phi) is 3.99. The maximum absolute atomic E-state index is 10.6. The molecule has 1 atom stereocenters. The summed E-state index contributed by atoms with van der Waals surface area (Å²) in [5.41, 5.74) is 5.37. The van der Waals surface area contributed by atoms with Crippen molar-refractivity contribution in [2.24, 2.45) is 17.5 Å². The topological polar surface area (TPSA) is 78.3 Å². The molecule has 0 aliphatic rings. The van der Waals surface area contributed by atoms with E-state index in [1.54, 1.807) is 0 Å². The maximum Gasteiger partial charge on any atom is 0.341 e. The molecule has 0 saturated heterocycles. The molecule has 0 rings (SSSR count). The standard InChI is InChI=1S/C6H14N2O2/c1-4(2)3-5(7)6(9)10-8/h4-5H,3,7-8H2,1-2H3. The van der Waals surface area contributed by atoms with Crippen molar-refractivity contribution < 1.29 is 9.63 Å². The molecule has 4 heteroatoms. The zero-order chi connectivity index (χ0) is 8.15. The lowest BCUT2D eigenvalue weighted by Gasteiger charge is -2.09. The van der Waals surface area contributed by atoms with Gasteiger partial charge in [-0.1, -0.05) is 13.8 Å². The van der Waals surface area contributed by atoms with Crippen molar-refractivity contribution in [1.29, 1.82) is 0 Å². The Balaban J connectivity index is 3.61. The van der Waals surface area contributed by atoms with E-state index in [1.807, 2.05) is 13.8 Å². The van der Waals surface area contributed by atoms with Crippen LogP contribution in [0, 0.1) is 5.92 Å². The summed E-state index contributed by atoms with van der Waals surface area (Å²) >= 11 is 0. The third kappa shape index (κ3) is 3.42. The lowest BCUT2D eigenvalue weighted by molar-refractivity contribution is -0.146. The van der Waals surface area contributed by atoms with Crippen molar-refractivity contribution in [3.63, 3.8) is 0 Å². The lowest BCUT2D eigenvalue weighted by atomic mass is 10.1. The molecule has 0 spiro atoms. The Labute approximate surface area is 60.5 Å². The average molecular weight is 146 g/mol. The molecule has 0 fully saturated rings. The van der Waals surface area contributed by atoms with Gasteiger partial charge in [-0.2, -0.15) is 5.90 Å². The number of nitrogens with two attached hydrogens (primary N) is 2. The number of rotatable bonds is 3. The fourth-order valence-corrected chi connectivity index (χ4v) is 0.691. The molecule has 0 aliphatic heterocycles. The predicted molar refractivity (Wildman–Crippen MR) is 37.7 cm³/mol. The molecule has 60 valence electrons. The second-order valence-electron chi connectivity index (χ2n) is 2.67. The number of hydrogen-bond acceptors (Lipinski definition) is 4. The minimum atomic E-state index is -0.579. The molecule has 4 N–H and O–H groups in total. The van der Waals surface area contributed by atoms with Crippen LogP contribution in [0.2, 0.25) is 0 Å². The third-order valence-corrected chi connectivity index (χ3v) is 1.14. The lowest BCUT2D eigenvalue weighted by Crippen LogP contribution is -2.34. The van der Waals surface area contributed by atoms with Crippen LogP contribution in [0.1, 0.15) is 20.3 Å². The number of carbonyl (C=O) groups is 1. The van der Waals surface area contributed by atoms with Gasteiger partial charge in [-0.15, -0.1) is 0 Å². The molecule has 4 nitrogen and oxygen atoms in total. The first-order valence-electron chi connectivity index (χ1n) is 3.24. The van der Waals surface area contributed by atoms with E-state index < -0.39 is 12.0 Å². The Morgan fingerprint density at radius 1 is 1.60 bits per heavy atom. The molecule has 0 aromatic rings. The number of hydrogen-bond donors (Lipinski definition) is 2. The molecular formula is C6H14N2O2. The molecule has 0 radical (unpaired) electrons. The molecular weight excluding hydrogens is 132 g/mol. The minimum Gasteiger partial charge on any atom is -0.372 e. The van der Waals surface area contributed by atoms with Crippen LogP contribution in [-0.4, -0.2) is 12.0 Å². The minimum absolute atomic E-state index is 0.383. The van der Waals surface area contributed by atoms with Crippen LogP contribution in [-0.2, 0) is 9.63 Å². The molecule has 0 heterocycles. The van der Waals surface area contributed by atoms with Gasteiger partial charge in [0.2, 0.25) is 0 Å². The summed E-state index contributed by atoms with van der Waals surface area (Å²) in [5, 5.41) is 0. The fourth-order valence-electron chi connectivity index (χ4n) is 0.691. The van der Waals surface area contributed by atoms with Crippen LogP contribution < -0.4 is 11.6 Å². The van der Waals surface area contributed by atoms with Gasteiger partial charge >= 0.3 is 5.97 Å². The zero-order valence-electron chi connectivity index (χ0n) is 6.33. The highest BCUT2D eigenvalue weighted by atomic mass is 16.7. The predicted octanol–water partition coefficient (Wildman–Crippen LogP) is -0.223. The zero-order valence-corrected chi connectivity index (χ0v) is 6.33. The summed E-state index contributed by atoms with van der Waals surface area (Å²) < 4.78 is 0. The summed E-state index contributed by atoms with van der Waals surface area (Å²) in [6.07, 6.45) is 0.607. The molecule has 0 saturated carbocycles. The van der Waals surface area contributed by atoms with Gasteiger partial charge in [0.1, 0.15) is 6.04 Å².